The third-order valence-electron chi connectivity index (χ3n) is 4.79. The van der Waals surface area contributed by atoms with Crippen molar-refractivity contribution in [2.45, 2.75) is 39.7 Å². The lowest BCUT2D eigenvalue weighted by Gasteiger charge is -2.06. The number of para-hydroxylation sites is 2. The molecule has 0 fully saturated rings. The molecule has 1 heterocycles. The van der Waals surface area contributed by atoms with Crippen molar-refractivity contribution in [3.8, 4) is 5.75 Å². The summed E-state index contributed by atoms with van der Waals surface area (Å²) in [5, 5.41) is 0. The van der Waals surface area contributed by atoms with Crippen molar-refractivity contribution >= 4 is 16.8 Å². The van der Waals surface area contributed by atoms with Gasteiger partial charge in [-0.05, 0) is 42.8 Å². The monoisotopic (exact) mass is 430 g/mol. The van der Waals surface area contributed by atoms with Gasteiger partial charge in [-0.1, -0.05) is 32.4 Å². The molecule has 0 aliphatic rings. The topological polar surface area (TPSA) is 35.1 Å². The van der Waals surface area contributed by atoms with Crippen molar-refractivity contribution in [2.75, 3.05) is 6.61 Å². The van der Waals surface area contributed by atoms with E-state index in [2.05, 4.69) is 42.2 Å². The zero-order valence-corrected chi connectivity index (χ0v) is 17.8. The molecule has 27 heavy (non-hydrogen) atoms. The molecule has 1 aromatic heterocycles. The molecule has 0 bridgehead atoms. The Labute approximate surface area is 171 Å². The van der Waals surface area contributed by atoms with E-state index in [0.29, 0.717) is 6.54 Å². The molecule has 4 nitrogen and oxygen atoms in total. The van der Waals surface area contributed by atoms with Gasteiger partial charge in [-0.3, -0.25) is 4.79 Å². The Kier molecular flexibility index (Phi) is 7.60. The minimum Gasteiger partial charge on any atom is -1.00 e. The molecule has 3 rings (SSSR count). The van der Waals surface area contributed by atoms with Crippen molar-refractivity contribution in [3.05, 3.63) is 59.9 Å². The fourth-order valence-corrected chi connectivity index (χ4v) is 3.35. The number of rotatable bonds is 8. The highest BCUT2D eigenvalue weighted by atomic mass is 79.9. The predicted octanol–water partition coefficient (Wildman–Crippen LogP) is 1.09. The molecule has 2 aromatic carbocycles. The SMILES string of the molecule is CCCCOc1ccc(C(=O)Cn2c(CC)[n+](C)c3ccccc32)cc1.[Br-]. The summed E-state index contributed by atoms with van der Waals surface area (Å²) in [5.74, 6) is 2.09. The summed E-state index contributed by atoms with van der Waals surface area (Å²) in [4.78, 5) is 12.8. The van der Waals surface area contributed by atoms with Gasteiger partial charge in [-0.15, -0.1) is 0 Å². The van der Waals surface area contributed by atoms with Crippen LogP contribution in [-0.2, 0) is 20.0 Å². The van der Waals surface area contributed by atoms with Gasteiger partial charge in [0.1, 0.15) is 5.75 Å². The van der Waals surface area contributed by atoms with E-state index in [9.17, 15) is 4.79 Å². The minimum absolute atomic E-state index is 0. The predicted molar refractivity (Wildman–Crippen MR) is 104 cm³/mol. The minimum atomic E-state index is 0. The molecule has 0 amide bonds. The number of halogens is 1. The number of Topliss-reactive ketones (excluding diaryl/α,β-unsaturated/α-hetero) is 1. The number of fused-ring (bicyclic) bond motifs is 1. The molecule has 3 aromatic rings. The van der Waals surface area contributed by atoms with Crippen LogP contribution in [0.2, 0.25) is 0 Å². The van der Waals surface area contributed by atoms with Crippen LogP contribution in [0.4, 0.5) is 0 Å². The number of unbranched alkanes of at least 4 members (excludes halogenated alkanes) is 1. The van der Waals surface area contributed by atoms with Crippen LogP contribution in [0, 0.1) is 0 Å². The number of imidazole rings is 1. The maximum atomic E-state index is 12.8. The van der Waals surface area contributed by atoms with Gasteiger partial charge in [0, 0.05) is 12.0 Å². The van der Waals surface area contributed by atoms with Crippen LogP contribution in [0.15, 0.2) is 48.5 Å². The Morgan fingerprint density at radius 2 is 1.78 bits per heavy atom. The Bertz CT molecular complexity index is 901. The largest absolute Gasteiger partial charge is 1.00 e. The first-order valence-corrected chi connectivity index (χ1v) is 9.37. The van der Waals surface area contributed by atoms with Gasteiger partial charge in [0.05, 0.1) is 13.7 Å². The maximum absolute atomic E-state index is 12.8. The molecule has 0 saturated carbocycles. The second-order valence-electron chi connectivity index (χ2n) is 6.55. The van der Waals surface area contributed by atoms with Crippen molar-refractivity contribution in [1.29, 1.82) is 0 Å². The van der Waals surface area contributed by atoms with Crippen molar-refractivity contribution in [3.63, 3.8) is 0 Å². The number of hydrogen-bond acceptors (Lipinski definition) is 2. The summed E-state index contributed by atoms with van der Waals surface area (Å²) in [6.07, 6.45) is 3.03. The summed E-state index contributed by atoms with van der Waals surface area (Å²) in [7, 11) is 2.06. The van der Waals surface area contributed by atoms with Crippen molar-refractivity contribution in [1.82, 2.24) is 4.57 Å². The van der Waals surface area contributed by atoms with Crippen molar-refractivity contribution < 1.29 is 31.1 Å². The number of ketones is 1. The number of benzene rings is 2. The third kappa shape index (κ3) is 4.59. The highest BCUT2D eigenvalue weighted by Gasteiger charge is 2.23. The van der Waals surface area contributed by atoms with Crippen LogP contribution in [0.5, 0.6) is 5.75 Å². The molecular weight excluding hydrogens is 404 g/mol. The fourth-order valence-electron chi connectivity index (χ4n) is 3.35. The fraction of sp³-hybridized carbons (Fsp3) is 0.364. The highest BCUT2D eigenvalue weighted by molar-refractivity contribution is 5.96. The van der Waals surface area contributed by atoms with Gasteiger partial charge in [0.2, 0.25) is 5.78 Å². The second-order valence-corrected chi connectivity index (χ2v) is 6.55. The van der Waals surface area contributed by atoms with Crippen LogP contribution >= 0.6 is 0 Å². The van der Waals surface area contributed by atoms with Crippen LogP contribution < -0.4 is 26.3 Å². The average molecular weight is 431 g/mol. The zero-order valence-electron chi connectivity index (χ0n) is 16.2. The standard InChI is InChI=1S/C22H27N2O2.BrH/c1-4-6-15-26-18-13-11-17(12-14-18)21(25)16-24-20-10-8-7-9-19(20)23(3)22(24)5-2;/h7-14H,4-6,15-16H2,1-3H3;1H/q+1;/p-1. The number of ether oxygens (including phenoxy) is 1. The first kappa shape index (κ1) is 21.2. The van der Waals surface area contributed by atoms with Crippen LogP contribution in [-0.4, -0.2) is 17.0 Å². The molecule has 0 saturated heterocycles. The lowest BCUT2D eigenvalue weighted by Crippen LogP contribution is -3.00. The molecule has 5 heteroatoms. The second kappa shape index (κ2) is 9.70. The van der Waals surface area contributed by atoms with E-state index >= 15 is 0 Å². The molecule has 0 N–H and O–H groups in total. The van der Waals surface area contributed by atoms with Gasteiger partial charge in [-0.2, -0.15) is 0 Å². The van der Waals surface area contributed by atoms with E-state index in [-0.39, 0.29) is 22.8 Å². The first-order valence-electron chi connectivity index (χ1n) is 9.37. The highest BCUT2D eigenvalue weighted by Crippen LogP contribution is 2.17. The van der Waals surface area contributed by atoms with Crippen molar-refractivity contribution in [2.24, 2.45) is 7.05 Å². The molecule has 144 valence electrons. The lowest BCUT2D eigenvalue weighted by molar-refractivity contribution is -0.653. The van der Waals surface area contributed by atoms with E-state index < -0.39 is 0 Å². The summed E-state index contributed by atoms with van der Waals surface area (Å²) in [5.41, 5.74) is 2.96. The van der Waals surface area contributed by atoms with E-state index in [1.54, 1.807) is 0 Å². The van der Waals surface area contributed by atoms with Gasteiger partial charge < -0.3 is 21.7 Å². The van der Waals surface area contributed by atoms with Gasteiger partial charge in [0.15, 0.2) is 17.6 Å². The number of aromatic nitrogens is 2. The van der Waals surface area contributed by atoms with Crippen LogP contribution in [0.3, 0.4) is 0 Å². The van der Waals surface area contributed by atoms with Crippen LogP contribution in [0.25, 0.3) is 11.0 Å². The molecule has 0 unspecified atom stereocenters. The lowest BCUT2D eigenvalue weighted by atomic mass is 10.1. The summed E-state index contributed by atoms with van der Waals surface area (Å²) in [6, 6.07) is 15.7. The molecule has 0 aliphatic heterocycles. The first-order chi connectivity index (χ1) is 12.7. The number of aryl methyl sites for hydroxylation is 1. The van der Waals surface area contributed by atoms with Gasteiger partial charge in [0.25, 0.3) is 5.82 Å². The van der Waals surface area contributed by atoms with Gasteiger partial charge >= 0.3 is 0 Å². The average Bonchev–Trinajstić information content (AvgIpc) is 2.94. The quantitative estimate of drug-likeness (QED) is 0.304. The normalized spacial score (nSPS) is 10.6. The Morgan fingerprint density at radius 1 is 1.07 bits per heavy atom. The maximum Gasteiger partial charge on any atom is 0.257 e. The zero-order chi connectivity index (χ0) is 18.5. The Hall–Kier alpha value is -2.14. The molecule has 0 spiro atoms. The number of carbonyl (C=O) groups is 1. The summed E-state index contributed by atoms with van der Waals surface area (Å²) < 4.78 is 9.98. The Balaban J connectivity index is 0.00000261. The van der Waals surface area contributed by atoms with E-state index in [4.69, 9.17) is 4.74 Å². The summed E-state index contributed by atoms with van der Waals surface area (Å²) in [6.45, 7) is 5.33. The smallest absolute Gasteiger partial charge is 0.257 e. The number of carbonyl (C=O) groups excluding carboxylic acids is 1. The Morgan fingerprint density at radius 3 is 2.44 bits per heavy atom. The van der Waals surface area contributed by atoms with E-state index in [1.807, 2.05) is 36.4 Å². The van der Waals surface area contributed by atoms with E-state index in [1.165, 1.54) is 0 Å². The number of nitrogens with zero attached hydrogens (tertiary/aromatic N) is 2. The van der Waals surface area contributed by atoms with E-state index in [0.717, 1.165) is 54.0 Å². The molecular formula is C22H27BrN2O2. The number of hydrogen-bond donors (Lipinski definition) is 0. The molecule has 0 aliphatic carbocycles. The molecule has 0 radical (unpaired) electrons. The molecule has 0 atom stereocenters. The van der Waals surface area contributed by atoms with Gasteiger partial charge in [-0.25, -0.2) is 9.13 Å². The van der Waals surface area contributed by atoms with Crippen LogP contribution in [0.1, 0.15) is 42.9 Å². The third-order valence-corrected chi connectivity index (χ3v) is 4.79. The summed E-state index contributed by atoms with van der Waals surface area (Å²) >= 11 is 0.